The molecule has 8 heteroatoms. The minimum atomic E-state index is -0.428. The molecular formula is C19H17Cl2N3OS2. The number of anilines is 1. The van der Waals surface area contributed by atoms with E-state index in [0.29, 0.717) is 15.2 Å². The van der Waals surface area contributed by atoms with Gasteiger partial charge in [0.25, 0.3) is 5.91 Å². The van der Waals surface area contributed by atoms with Crippen molar-refractivity contribution < 1.29 is 4.79 Å². The lowest BCUT2D eigenvalue weighted by Gasteiger charge is -2.08. The maximum Gasteiger partial charge on any atom is 0.258 e. The van der Waals surface area contributed by atoms with Crippen molar-refractivity contribution in [3.8, 4) is 0 Å². The number of nitrogens with one attached hydrogen (secondary N) is 2. The van der Waals surface area contributed by atoms with Gasteiger partial charge in [-0.15, -0.1) is 0 Å². The number of carbonyl (C=O) groups is 1. The fraction of sp³-hybridized carbons (Fsp3) is 0.211. The van der Waals surface area contributed by atoms with Crippen molar-refractivity contribution in [2.24, 2.45) is 0 Å². The van der Waals surface area contributed by atoms with E-state index in [2.05, 4.69) is 34.7 Å². The summed E-state index contributed by atoms with van der Waals surface area (Å²) in [4.78, 5) is 16.8. The number of benzene rings is 2. The molecule has 0 aliphatic carbocycles. The molecular weight excluding hydrogens is 421 g/mol. The third kappa shape index (κ3) is 5.17. The second kappa shape index (κ2) is 8.97. The highest BCUT2D eigenvalue weighted by Crippen LogP contribution is 2.27. The van der Waals surface area contributed by atoms with Gasteiger partial charge in [0.1, 0.15) is 0 Å². The molecule has 2 aromatic carbocycles. The Balaban J connectivity index is 1.68. The number of carbonyl (C=O) groups excluding carboxylic acids is 1. The minimum Gasteiger partial charge on any atom is -0.308 e. The van der Waals surface area contributed by atoms with Gasteiger partial charge in [-0.25, -0.2) is 4.98 Å². The first-order valence-electron chi connectivity index (χ1n) is 8.43. The quantitative estimate of drug-likeness (QED) is 0.475. The summed E-state index contributed by atoms with van der Waals surface area (Å²) < 4.78 is 1.08. The van der Waals surface area contributed by atoms with Crippen molar-refractivity contribution in [1.29, 1.82) is 0 Å². The number of aromatic nitrogens is 1. The van der Waals surface area contributed by atoms with E-state index >= 15 is 0 Å². The van der Waals surface area contributed by atoms with Gasteiger partial charge in [0.15, 0.2) is 10.2 Å². The highest BCUT2D eigenvalue weighted by Gasteiger charge is 2.14. The fourth-order valence-electron chi connectivity index (χ4n) is 2.53. The molecule has 1 aromatic heterocycles. The molecule has 3 rings (SSSR count). The molecule has 0 saturated carbocycles. The van der Waals surface area contributed by atoms with Gasteiger partial charge in [-0.1, -0.05) is 53.9 Å². The number of hydrogen-bond donors (Lipinski definition) is 2. The van der Waals surface area contributed by atoms with Crippen molar-refractivity contribution in [2.45, 2.75) is 26.2 Å². The van der Waals surface area contributed by atoms with Crippen molar-refractivity contribution in [2.75, 3.05) is 5.32 Å². The summed E-state index contributed by atoms with van der Waals surface area (Å²) in [6, 6.07) is 10.9. The number of unbranched alkanes of at least 4 members (excludes halogenated alkanes) is 1. The normalized spacial score (nSPS) is 10.8. The number of thiazole rings is 1. The highest BCUT2D eigenvalue weighted by atomic mass is 35.5. The Kier molecular flexibility index (Phi) is 6.65. The van der Waals surface area contributed by atoms with E-state index in [9.17, 15) is 4.79 Å². The molecule has 3 aromatic rings. The lowest BCUT2D eigenvalue weighted by atomic mass is 10.1. The van der Waals surface area contributed by atoms with E-state index in [1.165, 1.54) is 23.0 Å². The standard InChI is InChI=1S/C19H17Cl2N3OS2/c1-2-3-4-11-5-8-15-16(9-11)27-19(22-15)24-18(26)23-17(25)13-10-12(20)6-7-14(13)21/h5-10H,2-4H2,1H3,(H2,22,23,24,25,26). The van der Waals surface area contributed by atoms with Gasteiger partial charge in [-0.05, 0) is 61.0 Å². The molecule has 0 aliphatic rings. The third-order valence-electron chi connectivity index (χ3n) is 3.89. The lowest BCUT2D eigenvalue weighted by Crippen LogP contribution is -2.34. The fourth-order valence-corrected chi connectivity index (χ4v) is 4.09. The summed E-state index contributed by atoms with van der Waals surface area (Å²) in [5.41, 5.74) is 2.46. The molecule has 2 N–H and O–H groups in total. The first-order chi connectivity index (χ1) is 13.0. The van der Waals surface area contributed by atoms with Crippen LogP contribution in [0.2, 0.25) is 10.0 Å². The second-order valence-corrected chi connectivity index (χ2v) is 8.24. The van der Waals surface area contributed by atoms with Gasteiger partial charge >= 0.3 is 0 Å². The van der Waals surface area contributed by atoms with E-state index in [4.69, 9.17) is 35.4 Å². The number of halogens is 2. The average Bonchev–Trinajstić information content (AvgIpc) is 3.02. The zero-order valence-corrected chi connectivity index (χ0v) is 17.7. The van der Waals surface area contributed by atoms with Crippen molar-refractivity contribution in [3.63, 3.8) is 0 Å². The minimum absolute atomic E-state index is 0.154. The summed E-state index contributed by atoms with van der Waals surface area (Å²) in [5, 5.41) is 7.07. The number of rotatable bonds is 5. The molecule has 0 fully saturated rings. The molecule has 0 radical (unpaired) electrons. The predicted octanol–water partition coefficient (Wildman–Crippen LogP) is 6.07. The van der Waals surface area contributed by atoms with E-state index < -0.39 is 5.91 Å². The molecule has 0 saturated heterocycles. The average molecular weight is 438 g/mol. The number of hydrogen-bond acceptors (Lipinski definition) is 4. The van der Waals surface area contributed by atoms with Crippen LogP contribution in [0.3, 0.4) is 0 Å². The van der Waals surface area contributed by atoms with Gasteiger partial charge in [0.2, 0.25) is 0 Å². The van der Waals surface area contributed by atoms with E-state index in [-0.39, 0.29) is 10.7 Å². The maximum atomic E-state index is 12.3. The van der Waals surface area contributed by atoms with Crippen LogP contribution in [0.5, 0.6) is 0 Å². The summed E-state index contributed by atoms with van der Waals surface area (Å²) in [6.45, 7) is 2.18. The number of thiocarbonyl (C=S) groups is 1. The monoisotopic (exact) mass is 437 g/mol. The van der Waals surface area contributed by atoms with Crippen LogP contribution in [0.15, 0.2) is 36.4 Å². The van der Waals surface area contributed by atoms with E-state index in [0.717, 1.165) is 29.5 Å². The van der Waals surface area contributed by atoms with Gasteiger partial charge in [-0.3, -0.25) is 10.1 Å². The molecule has 140 valence electrons. The highest BCUT2D eigenvalue weighted by molar-refractivity contribution is 7.80. The third-order valence-corrected chi connectivity index (χ3v) is 5.59. The molecule has 0 unspecified atom stereocenters. The van der Waals surface area contributed by atoms with Crippen LogP contribution >= 0.6 is 46.8 Å². The largest absolute Gasteiger partial charge is 0.308 e. The maximum absolute atomic E-state index is 12.3. The first kappa shape index (κ1) is 20.0. The molecule has 0 spiro atoms. The van der Waals surface area contributed by atoms with Crippen LogP contribution in [-0.2, 0) is 6.42 Å². The van der Waals surface area contributed by atoms with Crippen molar-refractivity contribution >= 4 is 73.1 Å². The van der Waals surface area contributed by atoms with Crippen molar-refractivity contribution in [3.05, 3.63) is 57.6 Å². The molecule has 27 heavy (non-hydrogen) atoms. The van der Waals surface area contributed by atoms with Crippen molar-refractivity contribution in [1.82, 2.24) is 10.3 Å². The lowest BCUT2D eigenvalue weighted by molar-refractivity contribution is 0.0978. The topological polar surface area (TPSA) is 54.0 Å². The van der Waals surface area contributed by atoms with Crippen LogP contribution < -0.4 is 10.6 Å². The zero-order chi connectivity index (χ0) is 19.4. The molecule has 1 heterocycles. The Hall–Kier alpha value is -1.73. The first-order valence-corrected chi connectivity index (χ1v) is 10.4. The SMILES string of the molecule is CCCCc1ccc2nc(NC(=S)NC(=O)c3cc(Cl)ccc3Cl)sc2c1. The Labute approximate surface area is 176 Å². The molecule has 0 atom stereocenters. The summed E-state index contributed by atoms with van der Waals surface area (Å²) in [6.07, 6.45) is 3.39. The summed E-state index contributed by atoms with van der Waals surface area (Å²) in [7, 11) is 0. The van der Waals surface area contributed by atoms with Gasteiger partial charge in [0.05, 0.1) is 20.8 Å². The van der Waals surface area contributed by atoms with Gasteiger partial charge in [0, 0.05) is 5.02 Å². The van der Waals surface area contributed by atoms with Crippen LogP contribution in [0.1, 0.15) is 35.7 Å². The molecule has 0 aliphatic heterocycles. The van der Waals surface area contributed by atoms with Gasteiger partial charge < -0.3 is 5.32 Å². The number of aryl methyl sites for hydroxylation is 1. The van der Waals surface area contributed by atoms with Crippen LogP contribution in [0, 0.1) is 0 Å². The van der Waals surface area contributed by atoms with Crippen LogP contribution in [0.4, 0.5) is 5.13 Å². The van der Waals surface area contributed by atoms with E-state index in [1.807, 2.05) is 6.07 Å². The van der Waals surface area contributed by atoms with Gasteiger partial charge in [-0.2, -0.15) is 0 Å². The molecule has 0 bridgehead atoms. The van der Waals surface area contributed by atoms with Crippen LogP contribution in [-0.4, -0.2) is 16.0 Å². The van der Waals surface area contributed by atoms with Crippen LogP contribution in [0.25, 0.3) is 10.2 Å². The molecule has 1 amide bonds. The number of amides is 1. The predicted molar refractivity (Wildman–Crippen MR) is 118 cm³/mol. The Morgan fingerprint density at radius 1 is 1.22 bits per heavy atom. The smallest absolute Gasteiger partial charge is 0.258 e. The second-order valence-electron chi connectivity index (χ2n) is 5.96. The zero-order valence-electron chi connectivity index (χ0n) is 14.5. The Morgan fingerprint density at radius 3 is 2.81 bits per heavy atom. The number of nitrogens with zero attached hydrogens (tertiary/aromatic N) is 1. The van der Waals surface area contributed by atoms with E-state index in [1.54, 1.807) is 12.1 Å². The summed E-state index contributed by atoms with van der Waals surface area (Å²) >= 11 is 18.7. The Morgan fingerprint density at radius 2 is 2.04 bits per heavy atom. The summed E-state index contributed by atoms with van der Waals surface area (Å²) in [5.74, 6) is -0.428. The Bertz CT molecular complexity index is 1000. The molecule has 4 nitrogen and oxygen atoms in total. The number of fused-ring (bicyclic) bond motifs is 1.